The molecule has 0 atom stereocenters. The summed E-state index contributed by atoms with van der Waals surface area (Å²) in [7, 11) is 0. The van der Waals surface area contributed by atoms with Crippen LogP contribution in [0, 0.1) is 0 Å². The molecular weight excluding hydrogens is 198 g/mol. The van der Waals surface area contributed by atoms with Crippen LogP contribution in [0.25, 0.3) is 0 Å². The molecule has 0 heterocycles. The number of hydrogen-bond acceptors (Lipinski definition) is 4. The molecule has 0 saturated carbocycles. The maximum atomic E-state index is 8.61. The van der Waals surface area contributed by atoms with Crippen molar-refractivity contribution in [3.8, 4) is 0 Å². The third kappa shape index (κ3) is 123. The first-order valence-corrected chi connectivity index (χ1v) is 3.79. The van der Waals surface area contributed by atoms with Crippen molar-refractivity contribution in [3.05, 3.63) is 0 Å². The van der Waals surface area contributed by atoms with Gasteiger partial charge in [0.25, 0.3) is 0 Å². The van der Waals surface area contributed by atoms with Gasteiger partial charge in [0.2, 0.25) is 0 Å². The van der Waals surface area contributed by atoms with E-state index in [4.69, 9.17) is 16.0 Å². The standard InChI is InChI=1S/AsH3O4.Ni/c2-1(3,4)5;/h(H3,2,3,4,5);/q;+3/p-3. The van der Waals surface area contributed by atoms with Gasteiger partial charge < -0.3 is 0 Å². The minimum atomic E-state index is -5.88. The van der Waals surface area contributed by atoms with Crippen molar-refractivity contribution in [3.63, 3.8) is 0 Å². The smallest absolute Gasteiger partial charge is 3.00 e. The van der Waals surface area contributed by atoms with Crippen LogP contribution in [0.4, 0.5) is 0 Å². The fourth-order valence-corrected chi connectivity index (χ4v) is 0. The van der Waals surface area contributed by atoms with Crippen LogP contribution in [0.2, 0.25) is 0 Å². The molecule has 0 bridgehead atoms. The molecule has 1 radical (unpaired) electrons. The molecule has 0 aromatic heterocycles. The molecule has 6 heavy (non-hydrogen) atoms. The molecular formula is AsNiO4. The van der Waals surface area contributed by atoms with Crippen molar-refractivity contribution in [2.75, 3.05) is 0 Å². The molecule has 4 nitrogen and oxygen atoms in total. The maximum absolute atomic E-state index is 8.61. The van der Waals surface area contributed by atoms with E-state index in [1.807, 2.05) is 0 Å². The van der Waals surface area contributed by atoms with E-state index < -0.39 is 14.5 Å². The van der Waals surface area contributed by atoms with Crippen LogP contribution in [-0.2, 0) is 20.2 Å². The van der Waals surface area contributed by atoms with Crippen LogP contribution in [-0.4, -0.2) is 14.5 Å². The van der Waals surface area contributed by atoms with Crippen molar-refractivity contribution in [1.82, 2.24) is 0 Å². The average Bonchev–Trinajstić information content (AvgIpc) is 0.722. The summed E-state index contributed by atoms with van der Waals surface area (Å²) in [6, 6.07) is 0. The minimum Gasteiger partial charge on any atom is 3.00 e. The van der Waals surface area contributed by atoms with Crippen molar-refractivity contribution in [2.24, 2.45) is 0 Å². The zero-order valence-corrected chi connectivity index (χ0v) is 5.26. The van der Waals surface area contributed by atoms with E-state index in [2.05, 4.69) is 0 Å². The van der Waals surface area contributed by atoms with Gasteiger partial charge in [-0.05, 0) is 0 Å². The van der Waals surface area contributed by atoms with Gasteiger partial charge in [0.15, 0.2) is 0 Å². The molecule has 39 valence electrons. The second kappa shape index (κ2) is 2.83. The Morgan fingerprint density at radius 3 is 1.17 bits per heavy atom. The van der Waals surface area contributed by atoms with Crippen LogP contribution in [0.5, 0.6) is 0 Å². The first-order chi connectivity index (χ1) is 2.00. The first-order valence-electron chi connectivity index (χ1n) is 0.730. The van der Waals surface area contributed by atoms with Crippen LogP contribution in [0.1, 0.15) is 0 Å². The fourth-order valence-electron chi connectivity index (χ4n) is 0. The van der Waals surface area contributed by atoms with E-state index in [1.54, 1.807) is 0 Å². The third-order valence-electron chi connectivity index (χ3n) is 0. The van der Waals surface area contributed by atoms with Crippen LogP contribution >= 0.6 is 0 Å². The summed E-state index contributed by atoms with van der Waals surface area (Å²) in [5.41, 5.74) is 0. The first kappa shape index (κ1) is 9.88. The second-order valence-corrected chi connectivity index (χ2v) is 2.32. The Labute approximate surface area is 47.5 Å². The Morgan fingerprint density at radius 1 is 1.17 bits per heavy atom. The summed E-state index contributed by atoms with van der Waals surface area (Å²) < 4.78 is 34.4. The summed E-state index contributed by atoms with van der Waals surface area (Å²) in [6.45, 7) is 0. The van der Waals surface area contributed by atoms with Gasteiger partial charge in [-0.3, -0.25) is 0 Å². The summed E-state index contributed by atoms with van der Waals surface area (Å²) in [5, 5.41) is 0. The molecule has 0 rings (SSSR count). The molecule has 6 heteroatoms. The summed E-state index contributed by atoms with van der Waals surface area (Å²) in [6.07, 6.45) is 0. The van der Waals surface area contributed by atoms with Gasteiger partial charge in [0.05, 0.1) is 0 Å². The number of rotatable bonds is 0. The van der Waals surface area contributed by atoms with E-state index in [0.29, 0.717) is 0 Å². The van der Waals surface area contributed by atoms with E-state index in [1.165, 1.54) is 0 Å². The van der Waals surface area contributed by atoms with Gasteiger partial charge in [-0.1, -0.05) is 0 Å². The minimum absolute atomic E-state index is 0. The predicted octanol–water partition coefficient (Wildman–Crippen LogP) is -4.07. The predicted molar refractivity (Wildman–Crippen MR) is 6.44 cm³/mol. The Balaban J connectivity index is 0. The monoisotopic (exact) mass is 197 g/mol. The van der Waals surface area contributed by atoms with Gasteiger partial charge in [-0.25, -0.2) is 0 Å². The molecule has 0 aliphatic rings. The summed E-state index contributed by atoms with van der Waals surface area (Å²) in [5.74, 6) is 0. The maximum Gasteiger partial charge on any atom is 3.00 e. The van der Waals surface area contributed by atoms with Crippen LogP contribution < -0.4 is 12.3 Å². The molecule has 0 aromatic carbocycles. The van der Waals surface area contributed by atoms with Crippen molar-refractivity contribution >= 4 is 14.5 Å². The van der Waals surface area contributed by atoms with Gasteiger partial charge in [-0.15, -0.1) is 0 Å². The Hall–Kier alpha value is 0.732. The largest absolute Gasteiger partial charge is 3.00 e. The Kier molecular flexibility index (Phi) is 4.66. The molecule has 0 spiro atoms. The molecule has 0 aliphatic carbocycles. The molecule has 0 aliphatic heterocycles. The fraction of sp³-hybridized carbons (Fsp3) is 0. The van der Waals surface area contributed by atoms with Crippen LogP contribution in [0.15, 0.2) is 0 Å². The second-order valence-electron chi connectivity index (χ2n) is 0.447. The zero-order valence-electron chi connectivity index (χ0n) is 2.40. The van der Waals surface area contributed by atoms with Gasteiger partial charge >= 0.3 is 47.0 Å². The normalized spacial score (nSPS) is 9.83. The summed E-state index contributed by atoms with van der Waals surface area (Å²) in [4.78, 5) is 0. The Bertz CT molecular complexity index is 53.7. The molecule has 0 saturated heterocycles. The van der Waals surface area contributed by atoms with Gasteiger partial charge in [0, 0.05) is 0 Å². The van der Waals surface area contributed by atoms with E-state index in [0.717, 1.165) is 0 Å². The van der Waals surface area contributed by atoms with Crippen molar-refractivity contribution in [2.45, 2.75) is 0 Å². The molecule has 0 fully saturated rings. The summed E-state index contributed by atoms with van der Waals surface area (Å²) >= 11 is -5.88. The number of hydrogen-bond donors (Lipinski definition) is 0. The van der Waals surface area contributed by atoms with E-state index in [9.17, 15) is 0 Å². The van der Waals surface area contributed by atoms with E-state index in [-0.39, 0.29) is 16.5 Å². The molecule has 0 unspecified atom stereocenters. The molecule has 0 N–H and O–H groups in total. The Morgan fingerprint density at radius 2 is 1.17 bits per heavy atom. The van der Waals surface area contributed by atoms with Crippen molar-refractivity contribution < 1.29 is 32.5 Å². The topological polar surface area (TPSA) is 86.2 Å². The van der Waals surface area contributed by atoms with Gasteiger partial charge in [0.1, 0.15) is 0 Å². The third-order valence-corrected chi connectivity index (χ3v) is 0. The van der Waals surface area contributed by atoms with Crippen molar-refractivity contribution in [1.29, 1.82) is 0 Å². The molecule has 0 aromatic rings. The average molecular weight is 198 g/mol. The zero-order chi connectivity index (χ0) is 4.50. The quantitative estimate of drug-likeness (QED) is 0.370. The van der Waals surface area contributed by atoms with Crippen LogP contribution in [0.3, 0.4) is 0 Å². The molecule has 0 amide bonds. The SMILES string of the molecule is O=[As]([O-])([O-])[O-].[Ni+3]. The van der Waals surface area contributed by atoms with E-state index >= 15 is 0 Å². The van der Waals surface area contributed by atoms with Gasteiger partial charge in [-0.2, -0.15) is 0 Å².